The number of nitrogens with zero attached hydrogens (tertiary/aromatic N) is 2. The van der Waals surface area contributed by atoms with Gasteiger partial charge in [-0.1, -0.05) is 35.5 Å². The van der Waals surface area contributed by atoms with Gasteiger partial charge in [0.15, 0.2) is 0 Å². The summed E-state index contributed by atoms with van der Waals surface area (Å²) in [4.78, 5) is 15.1. The topological polar surface area (TPSA) is 58.4 Å². The Bertz CT molecular complexity index is 736. The van der Waals surface area contributed by atoms with E-state index in [1.165, 1.54) is 5.56 Å². The fourth-order valence-corrected chi connectivity index (χ4v) is 4.49. The SMILES string of the molecule is Cc1noc(C)c1CCC(=O)N1C[C@@H]2CNC[C@@H]2[C@H]1c1ccccc1. The van der Waals surface area contributed by atoms with Gasteiger partial charge in [0.1, 0.15) is 5.76 Å². The second-order valence-electron chi connectivity index (χ2n) is 7.29. The molecule has 2 aliphatic heterocycles. The lowest BCUT2D eigenvalue weighted by Gasteiger charge is -2.28. The molecular weight excluding hydrogens is 314 g/mol. The Morgan fingerprint density at radius 1 is 1.28 bits per heavy atom. The van der Waals surface area contributed by atoms with Crippen molar-refractivity contribution in [2.75, 3.05) is 19.6 Å². The highest BCUT2D eigenvalue weighted by Gasteiger charge is 2.46. The van der Waals surface area contributed by atoms with Crippen molar-refractivity contribution < 1.29 is 9.32 Å². The maximum absolute atomic E-state index is 13.0. The van der Waals surface area contributed by atoms with E-state index in [0.717, 1.165) is 36.7 Å². The Hall–Kier alpha value is -2.14. The van der Waals surface area contributed by atoms with Crippen molar-refractivity contribution in [1.82, 2.24) is 15.4 Å². The van der Waals surface area contributed by atoms with Crippen LogP contribution in [0.1, 0.15) is 35.0 Å². The first-order valence-corrected chi connectivity index (χ1v) is 9.12. The highest BCUT2D eigenvalue weighted by Crippen LogP contribution is 2.42. The monoisotopic (exact) mass is 339 g/mol. The Kier molecular flexibility index (Phi) is 4.34. The highest BCUT2D eigenvalue weighted by atomic mass is 16.5. The van der Waals surface area contributed by atoms with E-state index in [2.05, 4.69) is 39.6 Å². The Labute approximate surface area is 148 Å². The first-order valence-electron chi connectivity index (χ1n) is 9.12. The van der Waals surface area contributed by atoms with Crippen LogP contribution in [0.3, 0.4) is 0 Å². The van der Waals surface area contributed by atoms with Gasteiger partial charge in [-0.2, -0.15) is 0 Å². The first kappa shape index (κ1) is 16.3. The second kappa shape index (κ2) is 6.64. The molecule has 25 heavy (non-hydrogen) atoms. The van der Waals surface area contributed by atoms with E-state index in [4.69, 9.17) is 4.52 Å². The van der Waals surface area contributed by atoms with Crippen LogP contribution < -0.4 is 5.32 Å². The number of fused-ring (bicyclic) bond motifs is 1. The lowest BCUT2D eigenvalue weighted by Crippen LogP contribution is -2.34. The molecule has 0 unspecified atom stereocenters. The highest BCUT2D eigenvalue weighted by molar-refractivity contribution is 5.77. The summed E-state index contributed by atoms with van der Waals surface area (Å²) in [6, 6.07) is 10.7. The fraction of sp³-hybridized carbons (Fsp3) is 0.500. The van der Waals surface area contributed by atoms with Gasteiger partial charge < -0.3 is 14.7 Å². The Balaban J connectivity index is 1.52. The number of rotatable bonds is 4. The van der Waals surface area contributed by atoms with Crippen LogP contribution in [0.15, 0.2) is 34.9 Å². The molecule has 4 rings (SSSR count). The molecule has 5 heteroatoms. The largest absolute Gasteiger partial charge is 0.361 e. The number of benzene rings is 1. The van der Waals surface area contributed by atoms with Gasteiger partial charge in [0.05, 0.1) is 11.7 Å². The van der Waals surface area contributed by atoms with Crippen LogP contribution in [0.4, 0.5) is 0 Å². The molecular formula is C20H25N3O2. The normalized spacial score (nSPS) is 25.4. The van der Waals surface area contributed by atoms with Crippen molar-refractivity contribution in [2.45, 2.75) is 32.7 Å². The number of likely N-dealkylation sites (tertiary alicyclic amines) is 1. The zero-order valence-corrected chi connectivity index (χ0v) is 14.9. The van der Waals surface area contributed by atoms with Crippen LogP contribution in [0.5, 0.6) is 0 Å². The predicted molar refractivity (Wildman–Crippen MR) is 95.0 cm³/mol. The molecule has 0 saturated carbocycles. The van der Waals surface area contributed by atoms with Crippen molar-refractivity contribution in [3.8, 4) is 0 Å². The summed E-state index contributed by atoms with van der Waals surface area (Å²) in [5, 5.41) is 7.49. The van der Waals surface area contributed by atoms with Gasteiger partial charge in [0.25, 0.3) is 0 Å². The van der Waals surface area contributed by atoms with Crippen molar-refractivity contribution >= 4 is 5.91 Å². The molecule has 0 spiro atoms. The van der Waals surface area contributed by atoms with E-state index >= 15 is 0 Å². The molecule has 1 aromatic carbocycles. The van der Waals surface area contributed by atoms with Gasteiger partial charge in [0, 0.05) is 37.5 Å². The maximum Gasteiger partial charge on any atom is 0.223 e. The van der Waals surface area contributed by atoms with Crippen LogP contribution in [0, 0.1) is 25.7 Å². The molecule has 1 aromatic heterocycles. The van der Waals surface area contributed by atoms with E-state index in [9.17, 15) is 4.79 Å². The summed E-state index contributed by atoms with van der Waals surface area (Å²) in [6.07, 6.45) is 1.21. The van der Waals surface area contributed by atoms with Crippen LogP contribution in [0.25, 0.3) is 0 Å². The zero-order valence-electron chi connectivity index (χ0n) is 14.9. The number of aromatic nitrogens is 1. The molecule has 2 aliphatic rings. The van der Waals surface area contributed by atoms with Crippen molar-refractivity contribution in [3.05, 3.63) is 52.9 Å². The molecule has 0 bridgehead atoms. The average Bonchev–Trinajstić information content (AvgIpc) is 3.29. The zero-order chi connectivity index (χ0) is 17.4. The van der Waals surface area contributed by atoms with Crippen molar-refractivity contribution in [3.63, 3.8) is 0 Å². The number of aryl methyl sites for hydroxylation is 2. The lowest BCUT2D eigenvalue weighted by molar-refractivity contribution is -0.132. The second-order valence-corrected chi connectivity index (χ2v) is 7.29. The van der Waals surface area contributed by atoms with Gasteiger partial charge in [-0.3, -0.25) is 4.79 Å². The maximum atomic E-state index is 13.0. The third kappa shape index (κ3) is 2.97. The summed E-state index contributed by atoms with van der Waals surface area (Å²) in [5.74, 6) is 2.15. The van der Waals surface area contributed by atoms with E-state index in [-0.39, 0.29) is 11.9 Å². The summed E-state index contributed by atoms with van der Waals surface area (Å²) >= 11 is 0. The molecule has 5 nitrogen and oxygen atoms in total. The molecule has 3 heterocycles. The summed E-state index contributed by atoms with van der Waals surface area (Å²) in [7, 11) is 0. The number of hydrogen-bond acceptors (Lipinski definition) is 4. The van der Waals surface area contributed by atoms with E-state index in [0.29, 0.717) is 24.7 Å². The van der Waals surface area contributed by atoms with Gasteiger partial charge in [-0.25, -0.2) is 0 Å². The van der Waals surface area contributed by atoms with Gasteiger partial charge >= 0.3 is 0 Å². The average molecular weight is 339 g/mol. The predicted octanol–water partition coefficient (Wildman–Crippen LogP) is 2.64. The summed E-state index contributed by atoms with van der Waals surface area (Å²) in [6.45, 7) is 6.73. The molecule has 2 saturated heterocycles. The minimum Gasteiger partial charge on any atom is -0.361 e. The molecule has 3 atom stereocenters. The summed E-state index contributed by atoms with van der Waals surface area (Å²) in [5.41, 5.74) is 3.22. The third-order valence-corrected chi connectivity index (χ3v) is 5.80. The number of carbonyl (C=O) groups is 1. The van der Waals surface area contributed by atoms with Crippen LogP contribution in [-0.2, 0) is 11.2 Å². The number of hydrogen-bond donors (Lipinski definition) is 1. The van der Waals surface area contributed by atoms with Gasteiger partial charge in [-0.05, 0) is 31.7 Å². The van der Waals surface area contributed by atoms with E-state index in [1.54, 1.807) is 0 Å². The van der Waals surface area contributed by atoms with Gasteiger partial charge in [-0.15, -0.1) is 0 Å². The molecule has 132 valence electrons. The van der Waals surface area contributed by atoms with E-state index in [1.807, 2.05) is 19.9 Å². The molecule has 2 fully saturated rings. The van der Waals surface area contributed by atoms with Crippen molar-refractivity contribution in [2.24, 2.45) is 11.8 Å². The van der Waals surface area contributed by atoms with Crippen molar-refractivity contribution in [1.29, 1.82) is 0 Å². The molecule has 0 radical (unpaired) electrons. The third-order valence-electron chi connectivity index (χ3n) is 5.80. The van der Waals surface area contributed by atoms with Crippen LogP contribution >= 0.6 is 0 Å². The lowest BCUT2D eigenvalue weighted by atomic mass is 9.89. The molecule has 1 N–H and O–H groups in total. The number of nitrogens with one attached hydrogen (secondary N) is 1. The quantitative estimate of drug-likeness (QED) is 0.930. The number of carbonyl (C=O) groups excluding carboxylic acids is 1. The van der Waals surface area contributed by atoms with Crippen LogP contribution in [0.2, 0.25) is 0 Å². The smallest absolute Gasteiger partial charge is 0.223 e. The first-order chi connectivity index (χ1) is 12.1. The summed E-state index contributed by atoms with van der Waals surface area (Å²) < 4.78 is 5.22. The Morgan fingerprint density at radius 3 is 2.80 bits per heavy atom. The molecule has 0 aliphatic carbocycles. The minimum absolute atomic E-state index is 0.193. The standard InChI is InChI=1S/C20H25N3O2/c1-13-17(14(2)25-22-13)8-9-19(24)23-12-16-10-21-11-18(16)20(23)15-6-4-3-5-7-15/h3-7,16,18,20-21H,8-12H2,1-2H3/t16-,18-,20+/m0/s1. The van der Waals surface area contributed by atoms with Gasteiger partial charge in [0.2, 0.25) is 5.91 Å². The Morgan fingerprint density at radius 2 is 2.08 bits per heavy atom. The minimum atomic E-state index is 0.193. The number of amides is 1. The molecule has 1 amide bonds. The molecule has 2 aromatic rings. The van der Waals surface area contributed by atoms with Crippen LogP contribution in [-0.4, -0.2) is 35.6 Å². The fourth-order valence-electron chi connectivity index (χ4n) is 4.49. The van der Waals surface area contributed by atoms with E-state index < -0.39 is 0 Å².